The fourth-order valence-corrected chi connectivity index (χ4v) is 5.32. The average molecular weight is 423 g/mol. The summed E-state index contributed by atoms with van der Waals surface area (Å²) in [6.07, 6.45) is 25.7. The minimum atomic E-state index is 0.795. The van der Waals surface area contributed by atoms with E-state index in [1.165, 1.54) is 107 Å². The van der Waals surface area contributed by atoms with Crippen molar-refractivity contribution in [1.29, 1.82) is 0 Å². The van der Waals surface area contributed by atoms with Crippen LogP contribution in [0.3, 0.4) is 0 Å². The Hall–Kier alpha value is -1.30. The number of allylic oxidation sites excluding steroid dienone is 1. The van der Waals surface area contributed by atoms with Gasteiger partial charge in [-0.15, -0.1) is 0 Å². The van der Waals surface area contributed by atoms with Crippen LogP contribution in [0.25, 0.3) is 12.2 Å². The minimum Gasteiger partial charge on any atom is -0.0985 e. The van der Waals surface area contributed by atoms with E-state index < -0.39 is 0 Å². The fourth-order valence-electron chi connectivity index (χ4n) is 5.32. The Morgan fingerprint density at radius 3 is 1.84 bits per heavy atom. The Morgan fingerprint density at radius 2 is 1.35 bits per heavy atom. The highest BCUT2D eigenvalue weighted by Gasteiger charge is 2.16. The lowest BCUT2D eigenvalue weighted by Crippen LogP contribution is -2.09. The second-order valence-corrected chi connectivity index (χ2v) is 10.1. The van der Waals surface area contributed by atoms with Gasteiger partial charge >= 0.3 is 0 Å². The van der Waals surface area contributed by atoms with Gasteiger partial charge in [-0.25, -0.2) is 0 Å². The molecule has 0 amide bonds. The molecule has 0 aliphatic heterocycles. The molecule has 1 aromatic carbocycles. The highest BCUT2D eigenvalue weighted by molar-refractivity contribution is 5.63. The highest BCUT2D eigenvalue weighted by Crippen LogP contribution is 2.31. The Morgan fingerprint density at radius 1 is 0.839 bits per heavy atom. The van der Waals surface area contributed by atoms with Gasteiger partial charge in [-0.3, -0.25) is 0 Å². The average Bonchev–Trinajstić information content (AvgIpc) is 3.32. The largest absolute Gasteiger partial charge is 0.0985 e. The van der Waals surface area contributed by atoms with Gasteiger partial charge in [0.05, 0.1) is 0 Å². The Balaban J connectivity index is 2.33. The molecule has 0 bridgehead atoms. The summed E-state index contributed by atoms with van der Waals surface area (Å²) in [4.78, 5) is 0. The van der Waals surface area contributed by atoms with Crippen LogP contribution in [0.15, 0.2) is 24.8 Å². The molecule has 174 valence electrons. The number of benzene rings is 1. The molecule has 0 saturated heterocycles. The van der Waals surface area contributed by atoms with Gasteiger partial charge in [0.25, 0.3) is 0 Å². The van der Waals surface area contributed by atoms with E-state index in [0.29, 0.717) is 0 Å². The van der Waals surface area contributed by atoms with Gasteiger partial charge in [0, 0.05) is 0 Å². The van der Waals surface area contributed by atoms with Crippen molar-refractivity contribution in [3.8, 4) is 0 Å². The third-order valence-electron chi connectivity index (χ3n) is 7.67. The van der Waals surface area contributed by atoms with Gasteiger partial charge in [0.15, 0.2) is 0 Å². The summed E-state index contributed by atoms with van der Waals surface area (Å²) in [5, 5.41) is 0. The molecule has 0 N–H and O–H groups in total. The molecule has 31 heavy (non-hydrogen) atoms. The zero-order valence-corrected chi connectivity index (χ0v) is 21.2. The van der Waals surface area contributed by atoms with Gasteiger partial charge in [-0.1, -0.05) is 129 Å². The van der Waals surface area contributed by atoms with Crippen LogP contribution in [0.5, 0.6) is 0 Å². The van der Waals surface area contributed by atoms with Crippen molar-refractivity contribution in [3.05, 3.63) is 47.0 Å². The van der Waals surface area contributed by atoms with Crippen LogP contribution >= 0.6 is 0 Å². The van der Waals surface area contributed by atoms with Crippen molar-refractivity contribution in [2.45, 2.75) is 118 Å². The lowest BCUT2D eigenvalue weighted by Gasteiger charge is -2.21. The van der Waals surface area contributed by atoms with E-state index in [0.717, 1.165) is 17.8 Å². The second-order valence-electron chi connectivity index (χ2n) is 10.1. The molecule has 0 radical (unpaired) electrons. The van der Waals surface area contributed by atoms with Gasteiger partial charge < -0.3 is 0 Å². The second kappa shape index (κ2) is 14.7. The molecular formula is C31H50. The fraction of sp³-hybridized carbons (Fsp3) is 0.677. The van der Waals surface area contributed by atoms with Crippen molar-refractivity contribution in [1.82, 2.24) is 0 Å². The van der Waals surface area contributed by atoms with E-state index in [-0.39, 0.29) is 0 Å². The van der Waals surface area contributed by atoms with E-state index in [1.807, 2.05) is 0 Å². The molecule has 0 aromatic heterocycles. The van der Waals surface area contributed by atoms with Crippen molar-refractivity contribution in [3.63, 3.8) is 0 Å². The Bertz CT molecular complexity index is 659. The summed E-state index contributed by atoms with van der Waals surface area (Å²) >= 11 is 0. The molecule has 2 unspecified atom stereocenters. The molecule has 2 atom stereocenters. The van der Waals surface area contributed by atoms with Crippen molar-refractivity contribution >= 4 is 12.2 Å². The van der Waals surface area contributed by atoms with Gasteiger partial charge in [0.1, 0.15) is 0 Å². The van der Waals surface area contributed by atoms with E-state index in [2.05, 4.69) is 64.6 Å². The predicted octanol–water partition coefficient (Wildman–Crippen LogP) is 10.1. The van der Waals surface area contributed by atoms with Gasteiger partial charge in [-0.2, -0.15) is 0 Å². The molecule has 1 saturated carbocycles. The minimum absolute atomic E-state index is 0.795. The van der Waals surface area contributed by atoms with Gasteiger partial charge in [-0.05, 0) is 65.7 Å². The topological polar surface area (TPSA) is 0 Å². The predicted molar refractivity (Wildman–Crippen MR) is 142 cm³/mol. The summed E-state index contributed by atoms with van der Waals surface area (Å²) in [5.41, 5.74) is 5.95. The summed E-state index contributed by atoms with van der Waals surface area (Å²) in [7, 11) is 0. The van der Waals surface area contributed by atoms with Crippen LogP contribution in [-0.2, 0) is 12.8 Å². The van der Waals surface area contributed by atoms with Crippen LogP contribution in [0.2, 0.25) is 0 Å². The highest BCUT2D eigenvalue weighted by atomic mass is 14.2. The molecule has 1 fully saturated rings. The quantitative estimate of drug-likeness (QED) is 0.264. The molecule has 0 spiro atoms. The summed E-state index contributed by atoms with van der Waals surface area (Å²) < 4.78 is 0. The van der Waals surface area contributed by atoms with Crippen molar-refractivity contribution in [2.75, 3.05) is 0 Å². The lowest BCUT2D eigenvalue weighted by molar-refractivity contribution is 0.446. The number of hydrogen-bond donors (Lipinski definition) is 0. The van der Waals surface area contributed by atoms with Gasteiger partial charge in [0.2, 0.25) is 0 Å². The normalized spacial score (nSPS) is 16.8. The summed E-state index contributed by atoms with van der Waals surface area (Å²) in [6.45, 7) is 13.6. The molecule has 0 heterocycles. The first-order valence-corrected chi connectivity index (χ1v) is 13.6. The maximum atomic E-state index is 4.20. The Kier molecular flexibility index (Phi) is 12.3. The van der Waals surface area contributed by atoms with E-state index in [1.54, 1.807) is 5.56 Å². The van der Waals surface area contributed by atoms with Crippen LogP contribution in [0.4, 0.5) is 0 Å². The lowest BCUT2D eigenvalue weighted by atomic mass is 9.84. The first-order chi connectivity index (χ1) is 15.1. The van der Waals surface area contributed by atoms with Crippen molar-refractivity contribution in [2.24, 2.45) is 17.8 Å². The zero-order chi connectivity index (χ0) is 22.5. The standard InChI is InChI=1S/C31H50/c1-6-11-15-25(8-3)21-30-24-29(20-19-27-17-13-14-18-27)31(23-28(30)10-5)22-26(9-4)16-12-7-2/h10,19-20,23-27H,5-9,11-18,21-22H2,1-4H3. The smallest absolute Gasteiger partial charge is 0.0224 e. The van der Waals surface area contributed by atoms with E-state index >= 15 is 0 Å². The molecule has 1 aliphatic rings. The zero-order valence-electron chi connectivity index (χ0n) is 21.2. The maximum Gasteiger partial charge on any atom is -0.0224 e. The molecule has 2 rings (SSSR count). The molecule has 0 nitrogen and oxygen atoms in total. The molecule has 1 aromatic rings. The first-order valence-electron chi connectivity index (χ1n) is 13.6. The van der Waals surface area contributed by atoms with Crippen LogP contribution in [0.1, 0.15) is 127 Å². The van der Waals surface area contributed by atoms with Crippen molar-refractivity contribution < 1.29 is 0 Å². The first kappa shape index (κ1) is 26.0. The van der Waals surface area contributed by atoms with Crippen LogP contribution in [0, 0.1) is 17.8 Å². The Labute approximate surface area is 194 Å². The monoisotopic (exact) mass is 422 g/mol. The van der Waals surface area contributed by atoms with E-state index in [4.69, 9.17) is 0 Å². The molecule has 1 aliphatic carbocycles. The van der Waals surface area contributed by atoms with Crippen LogP contribution in [-0.4, -0.2) is 0 Å². The number of rotatable bonds is 15. The SMILES string of the molecule is C=Cc1cc(CC(CC)CCCC)c(C=CC2CCCC2)cc1CC(CC)CCCC. The molecular weight excluding hydrogens is 372 g/mol. The maximum absolute atomic E-state index is 4.20. The third kappa shape index (κ3) is 8.63. The third-order valence-corrected chi connectivity index (χ3v) is 7.67. The van der Waals surface area contributed by atoms with Crippen LogP contribution < -0.4 is 0 Å². The number of hydrogen-bond acceptors (Lipinski definition) is 0. The summed E-state index contributed by atoms with van der Waals surface area (Å²) in [6, 6.07) is 5.04. The molecule has 0 heteroatoms. The van der Waals surface area contributed by atoms with E-state index in [9.17, 15) is 0 Å². The number of unbranched alkanes of at least 4 members (excludes halogenated alkanes) is 2. The summed E-state index contributed by atoms with van der Waals surface area (Å²) in [5.74, 6) is 2.39.